The fourth-order valence-electron chi connectivity index (χ4n) is 2.51. The molecule has 1 aromatic carbocycles. The number of hydrogen-bond donors (Lipinski definition) is 1. The summed E-state index contributed by atoms with van der Waals surface area (Å²) in [7, 11) is 5.16. The van der Waals surface area contributed by atoms with Crippen molar-refractivity contribution in [2.45, 2.75) is 19.9 Å². The van der Waals surface area contributed by atoms with E-state index in [4.69, 9.17) is 9.47 Å². The SMILES string of the molecule is CNC(c1ccc(OC)nn1)c1c(C)cc(C)cc1OC. The van der Waals surface area contributed by atoms with Gasteiger partial charge < -0.3 is 14.8 Å². The Hall–Kier alpha value is -2.14. The minimum Gasteiger partial charge on any atom is -0.496 e. The lowest BCUT2D eigenvalue weighted by atomic mass is 9.95. The third-order valence-corrected chi connectivity index (χ3v) is 3.46. The number of aromatic nitrogens is 2. The average molecular weight is 287 g/mol. The minimum atomic E-state index is -0.0843. The van der Waals surface area contributed by atoms with Gasteiger partial charge in [-0.1, -0.05) is 6.07 Å². The molecule has 1 heterocycles. The summed E-state index contributed by atoms with van der Waals surface area (Å²) in [5.74, 6) is 1.35. The number of methoxy groups -OCH3 is 2. The summed E-state index contributed by atoms with van der Waals surface area (Å²) >= 11 is 0. The van der Waals surface area contributed by atoms with Gasteiger partial charge in [-0.2, -0.15) is 0 Å². The van der Waals surface area contributed by atoms with Gasteiger partial charge in [0.2, 0.25) is 5.88 Å². The third kappa shape index (κ3) is 3.13. The summed E-state index contributed by atoms with van der Waals surface area (Å²) in [6.45, 7) is 4.13. The highest BCUT2D eigenvalue weighted by Crippen LogP contribution is 2.33. The maximum atomic E-state index is 5.54. The van der Waals surface area contributed by atoms with Gasteiger partial charge in [-0.05, 0) is 44.2 Å². The molecule has 0 aliphatic heterocycles. The van der Waals surface area contributed by atoms with Crippen molar-refractivity contribution < 1.29 is 9.47 Å². The summed E-state index contributed by atoms with van der Waals surface area (Å²) in [5, 5.41) is 11.6. The zero-order valence-electron chi connectivity index (χ0n) is 13.1. The van der Waals surface area contributed by atoms with E-state index in [0.717, 1.165) is 22.6 Å². The van der Waals surface area contributed by atoms with E-state index in [0.29, 0.717) is 5.88 Å². The third-order valence-electron chi connectivity index (χ3n) is 3.46. The van der Waals surface area contributed by atoms with Crippen LogP contribution >= 0.6 is 0 Å². The van der Waals surface area contributed by atoms with Crippen LogP contribution in [0.4, 0.5) is 0 Å². The van der Waals surface area contributed by atoms with E-state index in [-0.39, 0.29) is 6.04 Å². The fraction of sp³-hybridized carbons (Fsp3) is 0.375. The van der Waals surface area contributed by atoms with Gasteiger partial charge in [0.1, 0.15) is 5.75 Å². The zero-order valence-corrected chi connectivity index (χ0v) is 13.1. The molecule has 21 heavy (non-hydrogen) atoms. The van der Waals surface area contributed by atoms with Crippen LogP contribution in [0.25, 0.3) is 0 Å². The molecule has 0 fully saturated rings. The second-order valence-electron chi connectivity index (χ2n) is 4.92. The molecular formula is C16H21N3O2. The summed E-state index contributed by atoms with van der Waals surface area (Å²) in [5.41, 5.74) is 4.22. The van der Waals surface area contributed by atoms with Crippen LogP contribution in [0.3, 0.4) is 0 Å². The molecule has 0 saturated carbocycles. The summed E-state index contributed by atoms with van der Waals surface area (Å²) in [6.07, 6.45) is 0. The molecule has 0 aliphatic carbocycles. The van der Waals surface area contributed by atoms with Crippen LogP contribution in [-0.4, -0.2) is 31.5 Å². The van der Waals surface area contributed by atoms with Crippen molar-refractivity contribution in [3.63, 3.8) is 0 Å². The predicted octanol–water partition coefficient (Wildman–Crippen LogP) is 2.42. The zero-order chi connectivity index (χ0) is 15.4. The Kier molecular flexibility index (Phi) is 4.75. The quantitative estimate of drug-likeness (QED) is 0.915. The lowest BCUT2D eigenvalue weighted by molar-refractivity contribution is 0.389. The summed E-state index contributed by atoms with van der Waals surface area (Å²) < 4.78 is 10.6. The molecule has 0 amide bonds. The molecule has 0 saturated heterocycles. The highest BCUT2D eigenvalue weighted by Gasteiger charge is 2.21. The van der Waals surface area contributed by atoms with Crippen LogP contribution in [0.5, 0.6) is 11.6 Å². The van der Waals surface area contributed by atoms with E-state index in [2.05, 4.69) is 35.4 Å². The van der Waals surface area contributed by atoms with Crippen LogP contribution in [0.1, 0.15) is 28.4 Å². The van der Waals surface area contributed by atoms with Gasteiger partial charge >= 0.3 is 0 Å². The van der Waals surface area contributed by atoms with Crippen LogP contribution in [-0.2, 0) is 0 Å². The van der Waals surface area contributed by atoms with E-state index in [9.17, 15) is 0 Å². The van der Waals surface area contributed by atoms with Crippen molar-refractivity contribution in [1.29, 1.82) is 0 Å². The second kappa shape index (κ2) is 6.54. The molecule has 1 aromatic heterocycles. The molecule has 1 atom stereocenters. The van der Waals surface area contributed by atoms with E-state index in [1.165, 1.54) is 5.56 Å². The largest absolute Gasteiger partial charge is 0.496 e. The number of aryl methyl sites for hydroxylation is 2. The van der Waals surface area contributed by atoms with Gasteiger partial charge in [-0.25, -0.2) is 0 Å². The van der Waals surface area contributed by atoms with Crippen LogP contribution in [0.2, 0.25) is 0 Å². The van der Waals surface area contributed by atoms with Gasteiger partial charge in [0, 0.05) is 11.6 Å². The Labute approximate surface area is 125 Å². The molecule has 0 radical (unpaired) electrons. The molecule has 5 heteroatoms. The first-order chi connectivity index (χ1) is 10.1. The maximum Gasteiger partial charge on any atom is 0.233 e. The maximum absolute atomic E-state index is 5.54. The van der Waals surface area contributed by atoms with E-state index in [1.807, 2.05) is 25.2 Å². The standard InChI is InChI=1S/C16H21N3O2/c1-10-8-11(2)15(13(9-10)20-4)16(17-3)12-6-7-14(21-5)19-18-12/h6-9,16-17H,1-5H3. The molecule has 112 valence electrons. The highest BCUT2D eigenvalue weighted by molar-refractivity contribution is 5.47. The first-order valence-electron chi connectivity index (χ1n) is 6.80. The molecular weight excluding hydrogens is 266 g/mol. The summed E-state index contributed by atoms with van der Waals surface area (Å²) in [6, 6.07) is 7.80. The van der Waals surface area contributed by atoms with E-state index < -0.39 is 0 Å². The molecule has 0 bridgehead atoms. The van der Waals surface area contributed by atoms with Crippen molar-refractivity contribution in [2.24, 2.45) is 0 Å². The first-order valence-corrected chi connectivity index (χ1v) is 6.80. The average Bonchev–Trinajstić information content (AvgIpc) is 2.50. The number of benzene rings is 1. The normalized spacial score (nSPS) is 12.0. The van der Waals surface area contributed by atoms with Crippen molar-refractivity contribution in [2.75, 3.05) is 21.3 Å². The van der Waals surface area contributed by atoms with Crippen molar-refractivity contribution in [3.8, 4) is 11.6 Å². The molecule has 0 spiro atoms. The van der Waals surface area contributed by atoms with Crippen molar-refractivity contribution in [1.82, 2.24) is 15.5 Å². The Balaban J connectivity index is 2.50. The Morgan fingerprint density at radius 3 is 2.33 bits per heavy atom. The topological polar surface area (TPSA) is 56.3 Å². The van der Waals surface area contributed by atoms with Crippen molar-refractivity contribution in [3.05, 3.63) is 46.6 Å². The van der Waals surface area contributed by atoms with Crippen LogP contribution in [0.15, 0.2) is 24.3 Å². The van der Waals surface area contributed by atoms with Gasteiger partial charge in [-0.3, -0.25) is 0 Å². The lowest BCUT2D eigenvalue weighted by Gasteiger charge is -2.21. The number of hydrogen-bond acceptors (Lipinski definition) is 5. The van der Waals surface area contributed by atoms with Gasteiger partial charge in [0.05, 0.1) is 26.0 Å². The Bertz CT molecular complexity index is 612. The number of ether oxygens (including phenoxy) is 2. The minimum absolute atomic E-state index is 0.0843. The Morgan fingerprint density at radius 1 is 1.05 bits per heavy atom. The molecule has 1 unspecified atom stereocenters. The lowest BCUT2D eigenvalue weighted by Crippen LogP contribution is -2.21. The molecule has 2 rings (SSSR count). The van der Waals surface area contributed by atoms with Crippen LogP contribution < -0.4 is 14.8 Å². The second-order valence-corrected chi connectivity index (χ2v) is 4.92. The van der Waals surface area contributed by atoms with E-state index >= 15 is 0 Å². The summed E-state index contributed by atoms with van der Waals surface area (Å²) in [4.78, 5) is 0. The molecule has 1 N–H and O–H groups in total. The number of rotatable bonds is 5. The van der Waals surface area contributed by atoms with Gasteiger partial charge in [0.15, 0.2) is 0 Å². The number of nitrogens with one attached hydrogen (secondary N) is 1. The first kappa shape index (κ1) is 15.3. The monoisotopic (exact) mass is 287 g/mol. The van der Waals surface area contributed by atoms with E-state index in [1.54, 1.807) is 14.2 Å². The highest BCUT2D eigenvalue weighted by atomic mass is 16.5. The van der Waals surface area contributed by atoms with Gasteiger partial charge in [-0.15, -0.1) is 10.2 Å². The van der Waals surface area contributed by atoms with Gasteiger partial charge in [0.25, 0.3) is 0 Å². The van der Waals surface area contributed by atoms with Crippen molar-refractivity contribution >= 4 is 0 Å². The predicted molar refractivity (Wildman–Crippen MR) is 82.0 cm³/mol. The molecule has 0 aliphatic rings. The van der Waals surface area contributed by atoms with Crippen LogP contribution in [0, 0.1) is 13.8 Å². The number of nitrogens with zero attached hydrogens (tertiary/aromatic N) is 2. The molecule has 2 aromatic rings. The fourth-order valence-corrected chi connectivity index (χ4v) is 2.51. The molecule has 5 nitrogen and oxygen atoms in total. The Morgan fingerprint density at radius 2 is 1.81 bits per heavy atom. The smallest absolute Gasteiger partial charge is 0.233 e.